The second-order valence-corrected chi connectivity index (χ2v) is 6.82. The van der Waals surface area contributed by atoms with E-state index in [2.05, 4.69) is 6.92 Å². The van der Waals surface area contributed by atoms with Crippen molar-refractivity contribution in [3.05, 3.63) is 40.5 Å². The molecular formula is C18H22O2. The maximum Gasteiger partial charge on any atom is 0.115 e. The summed E-state index contributed by atoms with van der Waals surface area (Å²) in [6, 6.07) is 5.59. The Balaban J connectivity index is 1.77. The number of aromatic hydroxyl groups is 1. The van der Waals surface area contributed by atoms with Crippen LogP contribution in [-0.4, -0.2) is 10.2 Å². The van der Waals surface area contributed by atoms with Crippen molar-refractivity contribution < 1.29 is 10.2 Å². The van der Waals surface area contributed by atoms with Gasteiger partial charge < -0.3 is 10.2 Å². The third-order valence-corrected chi connectivity index (χ3v) is 5.91. The summed E-state index contributed by atoms with van der Waals surface area (Å²) in [5.41, 5.74) is 5.56. The fraction of sp³-hybridized carbons (Fsp3) is 0.556. The summed E-state index contributed by atoms with van der Waals surface area (Å²) >= 11 is 0. The van der Waals surface area contributed by atoms with E-state index in [1.54, 1.807) is 23.3 Å². The van der Waals surface area contributed by atoms with Gasteiger partial charge in [0.2, 0.25) is 0 Å². The molecule has 20 heavy (non-hydrogen) atoms. The van der Waals surface area contributed by atoms with Gasteiger partial charge in [0.05, 0.1) is 6.10 Å². The van der Waals surface area contributed by atoms with Crippen molar-refractivity contribution in [2.24, 2.45) is 11.8 Å². The lowest BCUT2D eigenvalue weighted by molar-refractivity contribution is 0.0915. The fourth-order valence-corrected chi connectivity index (χ4v) is 4.99. The predicted octanol–water partition coefficient (Wildman–Crippen LogP) is 4.05. The first-order chi connectivity index (χ1) is 9.65. The minimum Gasteiger partial charge on any atom is -0.508 e. The molecule has 0 aromatic heterocycles. The van der Waals surface area contributed by atoms with E-state index >= 15 is 0 Å². The third kappa shape index (κ3) is 1.67. The SMILES string of the molecule is CC1=C2CCC3c4ccc(O)cc4[C@H](O)CC3C2CC1. The Hall–Kier alpha value is -1.28. The monoisotopic (exact) mass is 270 g/mol. The minimum atomic E-state index is -0.404. The maximum absolute atomic E-state index is 10.5. The molecule has 0 heterocycles. The van der Waals surface area contributed by atoms with Gasteiger partial charge in [0.25, 0.3) is 0 Å². The van der Waals surface area contributed by atoms with Crippen LogP contribution in [0.3, 0.4) is 0 Å². The molecule has 1 aromatic carbocycles. The summed E-state index contributed by atoms with van der Waals surface area (Å²) < 4.78 is 0. The standard InChI is InChI=1S/C18H22O2/c1-10-2-4-13-12(10)6-7-14-15-5-3-11(19)8-17(15)18(20)9-16(13)14/h3,5,8,13-14,16,18-20H,2,4,6-7,9H2,1H3/t13?,14?,16?,18-/m1/s1. The van der Waals surface area contributed by atoms with Gasteiger partial charge in [-0.2, -0.15) is 0 Å². The lowest BCUT2D eigenvalue weighted by atomic mass is 9.61. The molecule has 2 heteroatoms. The number of aliphatic hydroxyl groups is 1. The summed E-state index contributed by atoms with van der Waals surface area (Å²) in [5.74, 6) is 2.15. The van der Waals surface area contributed by atoms with Crippen LogP contribution in [0.4, 0.5) is 0 Å². The normalized spacial score (nSPS) is 35.5. The zero-order valence-corrected chi connectivity index (χ0v) is 12.0. The highest BCUT2D eigenvalue weighted by molar-refractivity contribution is 5.42. The van der Waals surface area contributed by atoms with Crippen LogP contribution < -0.4 is 0 Å². The molecule has 2 N–H and O–H groups in total. The van der Waals surface area contributed by atoms with Gasteiger partial charge in [-0.1, -0.05) is 17.2 Å². The largest absolute Gasteiger partial charge is 0.508 e. The Morgan fingerprint density at radius 3 is 2.70 bits per heavy atom. The molecular weight excluding hydrogens is 248 g/mol. The minimum absolute atomic E-state index is 0.273. The van der Waals surface area contributed by atoms with E-state index in [0.29, 0.717) is 17.8 Å². The first-order valence-electron chi connectivity index (χ1n) is 7.84. The maximum atomic E-state index is 10.5. The highest BCUT2D eigenvalue weighted by atomic mass is 16.3. The molecule has 1 aromatic rings. The van der Waals surface area contributed by atoms with E-state index in [1.807, 2.05) is 6.07 Å². The van der Waals surface area contributed by atoms with Crippen LogP contribution in [0.2, 0.25) is 0 Å². The molecule has 0 amide bonds. The van der Waals surface area contributed by atoms with Crippen LogP contribution in [0.1, 0.15) is 62.2 Å². The molecule has 3 aliphatic rings. The number of aliphatic hydroxyl groups excluding tert-OH is 1. The van der Waals surface area contributed by atoms with E-state index < -0.39 is 6.10 Å². The van der Waals surface area contributed by atoms with E-state index in [9.17, 15) is 10.2 Å². The number of hydrogen-bond acceptors (Lipinski definition) is 2. The van der Waals surface area contributed by atoms with Gasteiger partial charge in [-0.15, -0.1) is 0 Å². The zero-order valence-electron chi connectivity index (χ0n) is 12.0. The average Bonchev–Trinajstić information content (AvgIpc) is 2.81. The van der Waals surface area contributed by atoms with E-state index in [4.69, 9.17) is 0 Å². The zero-order chi connectivity index (χ0) is 13.9. The van der Waals surface area contributed by atoms with Crippen LogP contribution >= 0.6 is 0 Å². The molecule has 1 saturated carbocycles. The van der Waals surface area contributed by atoms with Gasteiger partial charge >= 0.3 is 0 Å². The highest BCUT2D eigenvalue weighted by Crippen LogP contribution is 2.56. The van der Waals surface area contributed by atoms with Gasteiger partial charge in [-0.25, -0.2) is 0 Å². The van der Waals surface area contributed by atoms with Gasteiger partial charge in [-0.3, -0.25) is 0 Å². The number of phenolic OH excluding ortho intramolecular Hbond substituents is 1. The molecule has 4 atom stereocenters. The van der Waals surface area contributed by atoms with Crippen LogP contribution in [0.25, 0.3) is 0 Å². The Morgan fingerprint density at radius 2 is 1.85 bits per heavy atom. The van der Waals surface area contributed by atoms with Gasteiger partial charge in [0.1, 0.15) is 5.75 Å². The van der Waals surface area contributed by atoms with Gasteiger partial charge in [0, 0.05) is 0 Å². The number of hydrogen-bond donors (Lipinski definition) is 2. The number of allylic oxidation sites excluding steroid dienone is 2. The molecule has 3 unspecified atom stereocenters. The van der Waals surface area contributed by atoms with Crippen LogP contribution in [0.5, 0.6) is 5.75 Å². The first-order valence-corrected chi connectivity index (χ1v) is 7.84. The molecule has 1 fully saturated rings. The quantitative estimate of drug-likeness (QED) is 0.698. The summed E-state index contributed by atoms with van der Waals surface area (Å²) in [6.07, 6.45) is 5.43. The first kappa shape index (κ1) is 12.5. The van der Waals surface area contributed by atoms with Gasteiger partial charge in [0.15, 0.2) is 0 Å². The summed E-state index contributed by atoms with van der Waals surface area (Å²) in [6.45, 7) is 2.29. The van der Waals surface area contributed by atoms with Gasteiger partial charge in [-0.05, 0) is 80.0 Å². The third-order valence-electron chi connectivity index (χ3n) is 5.91. The second-order valence-electron chi connectivity index (χ2n) is 6.82. The number of benzene rings is 1. The molecule has 2 nitrogen and oxygen atoms in total. The average molecular weight is 270 g/mol. The lowest BCUT2D eigenvalue weighted by Gasteiger charge is -2.44. The molecule has 0 saturated heterocycles. The predicted molar refractivity (Wildman–Crippen MR) is 78.6 cm³/mol. The van der Waals surface area contributed by atoms with Crippen molar-refractivity contribution in [2.75, 3.05) is 0 Å². The Kier molecular flexibility index (Phi) is 2.71. The topological polar surface area (TPSA) is 40.5 Å². The molecule has 0 spiro atoms. The van der Waals surface area contributed by atoms with Crippen molar-refractivity contribution in [1.29, 1.82) is 0 Å². The van der Waals surface area contributed by atoms with Crippen molar-refractivity contribution >= 4 is 0 Å². The number of phenols is 1. The summed E-state index contributed by atoms with van der Waals surface area (Å²) in [5, 5.41) is 20.2. The van der Waals surface area contributed by atoms with Crippen molar-refractivity contribution in [3.8, 4) is 5.75 Å². The van der Waals surface area contributed by atoms with E-state index in [1.165, 1.54) is 31.2 Å². The summed E-state index contributed by atoms with van der Waals surface area (Å²) in [7, 11) is 0. The van der Waals surface area contributed by atoms with Crippen molar-refractivity contribution in [3.63, 3.8) is 0 Å². The molecule has 106 valence electrons. The molecule has 0 aliphatic heterocycles. The molecule has 0 bridgehead atoms. The Morgan fingerprint density at radius 1 is 1.05 bits per heavy atom. The number of fused-ring (bicyclic) bond motifs is 5. The van der Waals surface area contributed by atoms with Crippen molar-refractivity contribution in [2.45, 2.75) is 51.0 Å². The van der Waals surface area contributed by atoms with Crippen molar-refractivity contribution in [1.82, 2.24) is 0 Å². The summed E-state index contributed by atoms with van der Waals surface area (Å²) in [4.78, 5) is 0. The lowest BCUT2D eigenvalue weighted by Crippen LogP contribution is -2.33. The van der Waals surface area contributed by atoms with E-state index in [-0.39, 0.29) is 5.75 Å². The second kappa shape index (κ2) is 4.36. The Bertz CT molecular complexity index is 587. The fourth-order valence-electron chi connectivity index (χ4n) is 4.99. The Labute approximate surface area is 120 Å². The van der Waals surface area contributed by atoms with E-state index in [0.717, 1.165) is 12.0 Å². The number of rotatable bonds is 0. The molecule has 3 aliphatic carbocycles. The van der Waals surface area contributed by atoms with Crippen LogP contribution in [0.15, 0.2) is 29.3 Å². The molecule has 0 radical (unpaired) electrons. The molecule has 4 rings (SSSR count). The highest BCUT2D eigenvalue weighted by Gasteiger charge is 2.44. The smallest absolute Gasteiger partial charge is 0.115 e. The van der Waals surface area contributed by atoms with Crippen LogP contribution in [0, 0.1) is 11.8 Å². The van der Waals surface area contributed by atoms with Crippen LogP contribution in [-0.2, 0) is 0 Å².